The Kier molecular flexibility index (Phi) is 5.33. The molecule has 21 heavy (non-hydrogen) atoms. The van der Waals surface area contributed by atoms with Gasteiger partial charge in [0.25, 0.3) is 0 Å². The lowest BCUT2D eigenvalue weighted by Gasteiger charge is -2.10. The number of nitrogens with two attached hydrogens (primary N) is 1. The minimum atomic E-state index is 0.285. The van der Waals surface area contributed by atoms with Crippen molar-refractivity contribution < 1.29 is 0 Å². The van der Waals surface area contributed by atoms with Crippen molar-refractivity contribution in [1.29, 1.82) is 0 Å². The molecule has 0 radical (unpaired) electrons. The summed E-state index contributed by atoms with van der Waals surface area (Å²) in [5, 5.41) is 6.22. The molecular formula is C16H22N4S. The lowest BCUT2D eigenvalue weighted by Crippen LogP contribution is -2.23. The van der Waals surface area contributed by atoms with Crippen molar-refractivity contribution in [2.45, 2.75) is 32.6 Å². The van der Waals surface area contributed by atoms with Crippen molar-refractivity contribution in [2.75, 3.05) is 11.9 Å². The third kappa shape index (κ3) is 4.56. The summed E-state index contributed by atoms with van der Waals surface area (Å²) in [6.07, 6.45) is 1.82. The first-order chi connectivity index (χ1) is 10.1. The Balaban J connectivity index is 1.96. The first kappa shape index (κ1) is 15.5. The van der Waals surface area contributed by atoms with Crippen LogP contribution >= 0.6 is 11.3 Å². The average molecular weight is 302 g/mol. The SMILES string of the molecule is CC(C)c1cccc(NC(N)=NCC(C)c2nccs2)c1. The molecule has 0 spiro atoms. The molecule has 0 aliphatic carbocycles. The number of aliphatic imine (C=N–C) groups is 1. The number of anilines is 1. The van der Waals surface area contributed by atoms with Crippen LogP contribution in [0, 0.1) is 0 Å². The standard InChI is InChI=1S/C16H22N4S/c1-11(2)13-5-4-6-14(9-13)20-16(17)19-10-12(3)15-18-7-8-21-15/h4-9,11-12H,10H2,1-3H3,(H3,17,19,20). The van der Waals surface area contributed by atoms with Gasteiger partial charge >= 0.3 is 0 Å². The highest BCUT2D eigenvalue weighted by Gasteiger charge is 2.07. The van der Waals surface area contributed by atoms with Crippen LogP contribution in [0.3, 0.4) is 0 Å². The van der Waals surface area contributed by atoms with Crippen LogP contribution in [0.25, 0.3) is 0 Å². The minimum absolute atomic E-state index is 0.285. The van der Waals surface area contributed by atoms with E-state index in [1.54, 1.807) is 11.3 Å². The quantitative estimate of drug-likeness (QED) is 0.652. The molecule has 0 aliphatic rings. The molecule has 1 unspecified atom stereocenters. The summed E-state index contributed by atoms with van der Waals surface area (Å²) in [5.41, 5.74) is 8.21. The van der Waals surface area contributed by atoms with Crippen LogP contribution in [0.15, 0.2) is 40.8 Å². The number of aromatic nitrogens is 1. The van der Waals surface area contributed by atoms with E-state index in [1.807, 2.05) is 23.7 Å². The van der Waals surface area contributed by atoms with Crippen molar-refractivity contribution in [3.63, 3.8) is 0 Å². The highest BCUT2D eigenvalue weighted by molar-refractivity contribution is 7.09. The molecule has 1 atom stereocenters. The second kappa shape index (κ2) is 7.22. The van der Waals surface area contributed by atoms with Gasteiger partial charge in [0, 0.05) is 23.2 Å². The molecule has 0 bridgehead atoms. The third-order valence-electron chi connectivity index (χ3n) is 3.23. The van der Waals surface area contributed by atoms with Crippen molar-refractivity contribution >= 4 is 23.0 Å². The van der Waals surface area contributed by atoms with Gasteiger partial charge in [-0.25, -0.2) is 4.98 Å². The zero-order valence-electron chi connectivity index (χ0n) is 12.7. The van der Waals surface area contributed by atoms with Gasteiger partial charge in [0.05, 0.1) is 11.6 Å². The van der Waals surface area contributed by atoms with E-state index in [2.05, 4.69) is 48.2 Å². The third-order valence-corrected chi connectivity index (χ3v) is 4.24. The lowest BCUT2D eigenvalue weighted by molar-refractivity contribution is 0.766. The maximum Gasteiger partial charge on any atom is 0.193 e. The number of thiazole rings is 1. The zero-order chi connectivity index (χ0) is 15.2. The second-order valence-corrected chi connectivity index (χ2v) is 6.33. The summed E-state index contributed by atoms with van der Waals surface area (Å²) in [6.45, 7) is 7.09. The molecule has 1 aromatic carbocycles. The molecule has 2 rings (SSSR count). The fraction of sp³-hybridized carbons (Fsp3) is 0.375. The Labute approximate surface area is 130 Å². The van der Waals surface area contributed by atoms with Gasteiger partial charge in [-0.3, -0.25) is 4.99 Å². The van der Waals surface area contributed by atoms with Crippen LogP contribution in [-0.2, 0) is 0 Å². The minimum Gasteiger partial charge on any atom is -0.370 e. The van der Waals surface area contributed by atoms with Crippen molar-refractivity contribution in [2.24, 2.45) is 10.7 Å². The summed E-state index contributed by atoms with van der Waals surface area (Å²) in [5.74, 6) is 1.22. The van der Waals surface area contributed by atoms with Gasteiger partial charge in [0.2, 0.25) is 0 Å². The number of guanidine groups is 1. The van der Waals surface area contributed by atoms with E-state index in [-0.39, 0.29) is 5.92 Å². The van der Waals surface area contributed by atoms with Crippen LogP contribution in [0.1, 0.15) is 43.2 Å². The topological polar surface area (TPSA) is 63.3 Å². The maximum atomic E-state index is 5.96. The number of benzene rings is 1. The fourth-order valence-corrected chi connectivity index (χ4v) is 2.64. The zero-order valence-corrected chi connectivity index (χ0v) is 13.5. The fourth-order valence-electron chi connectivity index (χ4n) is 1.95. The summed E-state index contributed by atoms with van der Waals surface area (Å²) < 4.78 is 0. The smallest absolute Gasteiger partial charge is 0.193 e. The molecule has 0 fully saturated rings. The largest absolute Gasteiger partial charge is 0.370 e. The highest BCUT2D eigenvalue weighted by Crippen LogP contribution is 2.19. The molecular weight excluding hydrogens is 280 g/mol. The van der Waals surface area contributed by atoms with E-state index in [4.69, 9.17) is 5.73 Å². The van der Waals surface area contributed by atoms with Gasteiger partial charge in [-0.1, -0.05) is 32.9 Å². The number of nitrogens with zero attached hydrogens (tertiary/aromatic N) is 2. The number of rotatable bonds is 5. The molecule has 5 heteroatoms. The Hall–Kier alpha value is -1.88. The number of nitrogens with one attached hydrogen (secondary N) is 1. The Morgan fingerprint density at radius 1 is 1.38 bits per heavy atom. The van der Waals surface area contributed by atoms with E-state index in [0.29, 0.717) is 18.4 Å². The van der Waals surface area contributed by atoms with Gasteiger partial charge in [-0.15, -0.1) is 11.3 Å². The predicted molar refractivity (Wildman–Crippen MR) is 91.2 cm³/mol. The molecule has 4 nitrogen and oxygen atoms in total. The Morgan fingerprint density at radius 3 is 2.86 bits per heavy atom. The predicted octanol–water partition coefficient (Wildman–Crippen LogP) is 3.80. The van der Waals surface area contributed by atoms with Gasteiger partial charge in [-0.05, 0) is 23.6 Å². The van der Waals surface area contributed by atoms with E-state index in [0.717, 1.165) is 10.7 Å². The Morgan fingerprint density at radius 2 is 2.19 bits per heavy atom. The van der Waals surface area contributed by atoms with Gasteiger partial charge in [0.15, 0.2) is 5.96 Å². The summed E-state index contributed by atoms with van der Waals surface area (Å²) >= 11 is 1.65. The molecule has 3 N–H and O–H groups in total. The molecule has 0 saturated heterocycles. The van der Waals surface area contributed by atoms with Crippen LogP contribution in [0.5, 0.6) is 0 Å². The highest BCUT2D eigenvalue weighted by atomic mass is 32.1. The lowest BCUT2D eigenvalue weighted by atomic mass is 10.0. The Bertz CT molecular complexity index is 590. The van der Waals surface area contributed by atoms with E-state index >= 15 is 0 Å². The van der Waals surface area contributed by atoms with Crippen LogP contribution in [0.2, 0.25) is 0 Å². The summed E-state index contributed by atoms with van der Waals surface area (Å²) in [4.78, 5) is 8.70. The summed E-state index contributed by atoms with van der Waals surface area (Å²) in [6, 6.07) is 8.26. The molecule has 1 heterocycles. The van der Waals surface area contributed by atoms with Crippen molar-refractivity contribution in [3.8, 4) is 0 Å². The van der Waals surface area contributed by atoms with E-state index < -0.39 is 0 Å². The molecule has 0 amide bonds. The monoisotopic (exact) mass is 302 g/mol. The van der Waals surface area contributed by atoms with Crippen LogP contribution < -0.4 is 11.1 Å². The van der Waals surface area contributed by atoms with Gasteiger partial charge < -0.3 is 11.1 Å². The van der Waals surface area contributed by atoms with Crippen molar-refractivity contribution in [3.05, 3.63) is 46.4 Å². The summed E-state index contributed by atoms with van der Waals surface area (Å²) in [7, 11) is 0. The average Bonchev–Trinajstić information content (AvgIpc) is 2.99. The van der Waals surface area contributed by atoms with E-state index in [1.165, 1.54) is 5.56 Å². The van der Waals surface area contributed by atoms with Crippen molar-refractivity contribution in [1.82, 2.24) is 4.98 Å². The molecule has 0 aliphatic heterocycles. The maximum absolute atomic E-state index is 5.96. The first-order valence-electron chi connectivity index (χ1n) is 7.12. The number of hydrogen-bond donors (Lipinski definition) is 2. The normalized spacial score (nSPS) is 13.4. The molecule has 2 aromatic rings. The van der Waals surface area contributed by atoms with Crippen LogP contribution in [-0.4, -0.2) is 17.5 Å². The number of hydrogen-bond acceptors (Lipinski definition) is 3. The molecule has 1 aromatic heterocycles. The molecule has 0 saturated carbocycles. The van der Waals surface area contributed by atoms with Gasteiger partial charge in [-0.2, -0.15) is 0 Å². The molecule has 112 valence electrons. The van der Waals surface area contributed by atoms with E-state index in [9.17, 15) is 0 Å². The van der Waals surface area contributed by atoms with Crippen LogP contribution in [0.4, 0.5) is 5.69 Å². The first-order valence-corrected chi connectivity index (χ1v) is 8.00. The van der Waals surface area contributed by atoms with Gasteiger partial charge in [0.1, 0.15) is 0 Å². The second-order valence-electron chi connectivity index (χ2n) is 5.40.